The fraction of sp³-hybridized carbons (Fsp3) is 0.650. The first-order chi connectivity index (χ1) is 10.0. The number of benzene rings is 1. The maximum absolute atomic E-state index is 13.2. The second kappa shape index (κ2) is 6.77. The summed E-state index contributed by atoms with van der Waals surface area (Å²) in [6.07, 6.45) is 7.71. The third-order valence-corrected chi connectivity index (χ3v) is 5.07. The van der Waals surface area contributed by atoms with Crippen molar-refractivity contribution in [1.29, 1.82) is 0 Å². The van der Waals surface area contributed by atoms with Gasteiger partial charge in [-0.25, -0.2) is 0 Å². The molecule has 0 unspecified atom stereocenters. The Morgan fingerprint density at radius 3 is 2.24 bits per heavy atom. The molecule has 0 N–H and O–H groups in total. The summed E-state index contributed by atoms with van der Waals surface area (Å²) < 4.78 is 0. The molecule has 1 saturated carbocycles. The first-order valence-electron chi connectivity index (χ1n) is 8.69. The summed E-state index contributed by atoms with van der Waals surface area (Å²) in [4.78, 5) is 13.2. The zero-order chi connectivity index (χ0) is 15.5. The minimum absolute atomic E-state index is 0.0765. The van der Waals surface area contributed by atoms with Gasteiger partial charge in [0.15, 0.2) is 5.78 Å². The average molecular weight is 286 g/mol. The van der Waals surface area contributed by atoms with Crippen LogP contribution >= 0.6 is 0 Å². The summed E-state index contributed by atoms with van der Waals surface area (Å²) in [7, 11) is 0. The maximum Gasteiger partial charge on any atom is 0.169 e. The van der Waals surface area contributed by atoms with Gasteiger partial charge in [0, 0.05) is 11.0 Å². The largest absolute Gasteiger partial charge is 0.294 e. The van der Waals surface area contributed by atoms with Crippen LogP contribution in [-0.4, -0.2) is 5.78 Å². The Morgan fingerprint density at radius 2 is 1.71 bits per heavy atom. The number of ketones is 1. The monoisotopic (exact) mass is 286 g/mol. The SMILES string of the molecule is CCc1ccc(C(=O)C2(CC(C)C)CCCC2)cc1CC. The van der Waals surface area contributed by atoms with Gasteiger partial charge in [0.1, 0.15) is 0 Å². The molecule has 0 atom stereocenters. The standard InChI is InChI=1S/C20H30O/c1-5-16-9-10-18(13-17(16)6-2)19(21)20(14-15(3)4)11-7-8-12-20/h9-10,13,15H,5-8,11-12,14H2,1-4H3. The van der Waals surface area contributed by atoms with Crippen molar-refractivity contribution in [2.75, 3.05) is 0 Å². The van der Waals surface area contributed by atoms with Crippen molar-refractivity contribution >= 4 is 5.78 Å². The topological polar surface area (TPSA) is 17.1 Å². The van der Waals surface area contributed by atoms with Gasteiger partial charge < -0.3 is 0 Å². The third kappa shape index (κ3) is 3.39. The molecule has 1 aromatic carbocycles. The molecule has 1 heteroatoms. The van der Waals surface area contributed by atoms with E-state index in [9.17, 15) is 4.79 Å². The maximum atomic E-state index is 13.2. The third-order valence-electron chi connectivity index (χ3n) is 5.07. The van der Waals surface area contributed by atoms with E-state index in [0.717, 1.165) is 37.7 Å². The molecular formula is C20H30O. The Bertz CT molecular complexity index is 493. The molecular weight excluding hydrogens is 256 g/mol. The molecule has 0 saturated heterocycles. The number of hydrogen-bond donors (Lipinski definition) is 0. The van der Waals surface area contributed by atoms with E-state index in [4.69, 9.17) is 0 Å². The zero-order valence-electron chi connectivity index (χ0n) is 14.2. The van der Waals surface area contributed by atoms with Crippen molar-refractivity contribution in [2.24, 2.45) is 11.3 Å². The highest BCUT2D eigenvalue weighted by molar-refractivity contribution is 6.01. The lowest BCUT2D eigenvalue weighted by Crippen LogP contribution is -2.30. The molecule has 0 aliphatic heterocycles. The lowest BCUT2D eigenvalue weighted by atomic mass is 9.73. The molecule has 1 aliphatic carbocycles. The number of rotatable bonds is 6. The number of hydrogen-bond acceptors (Lipinski definition) is 1. The molecule has 1 nitrogen and oxygen atoms in total. The predicted molar refractivity (Wildman–Crippen MR) is 89.9 cm³/mol. The highest BCUT2D eigenvalue weighted by Gasteiger charge is 2.41. The molecule has 0 amide bonds. The van der Waals surface area contributed by atoms with Gasteiger partial charge in [0.25, 0.3) is 0 Å². The smallest absolute Gasteiger partial charge is 0.169 e. The second-order valence-electron chi connectivity index (χ2n) is 7.11. The molecule has 2 rings (SSSR count). The van der Waals surface area contributed by atoms with Crippen LogP contribution in [0.25, 0.3) is 0 Å². The molecule has 1 aromatic rings. The van der Waals surface area contributed by atoms with Crippen molar-refractivity contribution < 1.29 is 4.79 Å². The molecule has 21 heavy (non-hydrogen) atoms. The number of Topliss-reactive ketones (excluding diaryl/α,β-unsaturated/α-hetero) is 1. The van der Waals surface area contributed by atoms with Gasteiger partial charge in [-0.3, -0.25) is 4.79 Å². The Morgan fingerprint density at radius 1 is 1.10 bits per heavy atom. The normalized spacial score (nSPS) is 17.4. The van der Waals surface area contributed by atoms with Crippen LogP contribution < -0.4 is 0 Å². The van der Waals surface area contributed by atoms with Gasteiger partial charge in [0.05, 0.1) is 0 Å². The van der Waals surface area contributed by atoms with Crippen molar-refractivity contribution in [2.45, 2.75) is 72.6 Å². The van der Waals surface area contributed by atoms with E-state index in [0.29, 0.717) is 11.7 Å². The fourth-order valence-corrected chi connectivity index (χ4v) is 4.10. The molecule has 116 valence electrons. The summed E-state index contributed by atoms with van der Waals surface area (Å²) in [5, 5.41) is 0. The van der Waals surface area contributed by atoms with Gasteiger partial charge in [-0.2, -0.15) is 0 Å². The van der Waals surface area contributed by atoms with E-state index in [-0.39, 0.29) is 5.41 Å². The summed E-state index contributed by atoms with van der Waals surface area (Å²) in [5.74, 6) is 0.999. The van der Waals surface area contributed by atoms with Crippen LogP contribution in [0.15, 0.2) is 18.2 Å². The van der Waals surface area contributed by atoms with E-state index in [2.05, 4.69) is 45.9 Å². The Balaban J connectivity index is 2.33. The minimum atomic E-state index is -0.0765. The predicted octanol–water partition coefficient (Wildman–Crippen LogP) is 5.60. The van der Waals surface area contributed by atoms with Gasteiger partial charge in [-0.1, -0.05) is 52.7 Å². The lowest BCUT2D eigenvalue weighted by molar-refractivity contribution is 0.0760. The van der Waals surface area contributed by atoms with Crippen molar-refractivity contribution in [3.8, 4) is 0 Å². The van der Waals surface area contributed by atoms with Gasteiger partial charge >= 0.3 is 0 Å². The molecule has 1 aliphatic rings. The van der Waals surface area contributed by atoms with Crippen LogP contribution in [0.5, 0.6) is 0 Å². The van der Waals surface area contributed by atoms with Crippen LogP contribution in [0.4, 0.5) is 0 Å². The fourth-order valence-electron chi connectivity index (χ4n) is 4.10. The molecule has 0 spiro atoms. The van der Waals surface area contributed by atoms with Crippen LogP contribution in [0.2, 0.25) is 0 Å². The summed E-state index contributed by atoms with van der Waals surface area (Å²) in [6.45, 7) is 8.85. The highest BCUT2D eigenvalue weighted by atomic mass is 16.1. The zero-order valence-corrected chi connectivity index (χ0v) is 14.2. The first kappa shape index (κ1) is 16.3. The van der Waals surface area contributed by atoms with Gasteiger partial charge in [-0.05, 0) is 55.2 Å². The van der Waals surface area contributed by atoms with E-state index >= 15 is 0 Å². The Labute approximate surface area is 130 Å². The summed E-state index contributed by atoms with van der Waals surface area (Å²) in [5.41, 5.74) is 3.61. The number of carbonyl (C=O) groups is 1. The molecule has 0 radical (unpaired) electrons. The number of aryl methyl sites for hydroxylation is 2. The van der Waals surface area contributed by atoms with Crippen molar-refractivity contribution in [3.05, 3.63) is 34.9 Å². The van der Waals surface area contributed by atoms with E-state index in [1.54, 1.807) is 0 Å². The first-order valence-corrected chi connectivity index (χ1v) is 8.69. The highest BCUT2D eigenvalue weighted by Crippen LogP contribution is 2.45. The Kier molecular flexibility index (Phi) is 5.24. The van der Waals surface area contributed by atoms with E-state index in [1.807, 2.05) is 0 Å². The van der Waals surface area contributed by atoms with Gasteiger partial charge in [0.2, 0.25) is 0 Å². The van der Waals surface area contributed by atoms with Crippen LogP contribution in [-0.2, 0) is 12.8 Å². The van der Waals surface area contributed by atoms with Crippen LogP contribution in [0.3, 0.4) is 0 Å². The molecule has 0 bridgehead atoms. The van der Waals surface area contributed by atoms with Crippen molar-refractivity contribution in [3.63, 3.8) is 0 Å². The lowest BCUT2D eigenvalue weighted by Gasteiger charge is -2.29. The van der Waals surface area contributed by atoms with Crippen molar-refractivity contribution in [1.82, 2.24) is 0 Å². The summed E-state index contributed by atoms with van der Waals surface area (Å²) in [6, 6.07) is 6.41. The quantitative estimate of drug-likeness (QED) is 0.622. The summed E-state index contributed by atoms with van der Waals surface area (Å²) >= 11 is 0. The van der Waals surface area contributed by atoms with Crippen LogP contribution in [0.1, 0.15) is 81.3 Å². The minimum Gasteiger partial charge on any atom is -0.294 e. The average Bonchev–Trinajstić information content (AvgIpc) is 2.94. The van der Waals surface area contributed by atoms with Crippen LogP contribution in [0, 0.1) is 11.3 Å². The van der Waals surface area contributed by atoms with E-state index < -0.39 is 0 Å². The molecule has 0 heterocycles. The number of carbonyl (C=O) groups excluding carboxylic acids is 1. The molecule has 0 aromatic heterocycles. The Hall–Kier alpha value is -1.11. The van der Waals surface area contributed by atoms with Gasteiger partial charge in [-0.15, -0.1) is 0 Å². The second-order valence-corrected chi connectivity index (χ2v) is 7.11. The molecule has 1 fully saturated rings. The van der Waals surface area contributed by atoms with E-state index in [1.165, 1.54) is 24.0 Å².